The van der Waals surface area contributed by atoms with Gasteiger partial charge in [0.15, 0.2) is 4.80 Å². The topological polar surface area (TPSA) is 120 Å². The van der Waals surface area contributed by atoms with E-state index in [1.165, 1.54) is 28.0 Å². The van der Waals surface area contributed by atoms with Crippen LogP contribution in [0.4, 0.5) is 0 Å². The van der Waals surface area contributed by atoms with Crippen LogP contribution in [0, 0.1) is 0 Å². The number of rotatable bonds is 7. The van der Waals surface area contributed by atoms with Gasteiger partial charge in [-0.25, -0.2) is 14.6 Å². The fourth-order valence-corrected chi connectivity index (χ4v) is 6.32. The number of hydrogen-bond donors (Lipinski definition) is 1. The number of furan rings is 1. The first-order chi connectivity index (χ1) is 20.8. The molecule has 1 N–H and O–H groups in total. The number of allylic oxidation sites excluding steroid dienone is 1. The molecular formula is C33H26N2O7S. The molecular weight excluding hydrogens is 568 g/mol. The molecule has 0 saturated carbocycles. The molecule has 216 valence electrons. The lowest BCUT2D eigenvalue weighted by Crippen LogP contribution is -2.40. The Morgan fingerprint density at radius 2 is 1.84 bits per heavy atom. The van der Waals surface area contributed by atoms with Crippen molar-refractivity contribution >= 4 is 40.1 Å². The fourth-order valence-electron chi connectivity index (χ4n) is 5.29. The molecule has 0 bridgehead atoms. The maximum absolute atomic E-state index is 14.1. The number of methoxy groups -OCH3 is 1. The number of aromatic nitrogens is 1. The summed E-state index contributed by atoms with van der Waals surface area (Å²) in [5, 5.41) is 10.9. The summed E-state index contributed by atoms with van der Waals surface area (Å²) in [6.07, 6.45) is 1.64. The Balaban J connectivity index is 1.53. The molecule has 6 rings (SSSR count). The first kappa shape index (κ1) is 27.9. The van der Waals surface area contributed by atoms with Crippen LogP contribution in [-0.4, -0.2) is 35.3 Å². The SMILES string of the molecule is CCOC(=O)C1=C(C)N=c2s/c(=C/c3ccc(-c4ccc(C(=O)O)cc4)o3)c(=O)n2[C@H]1c1c(OC)ccc2ccccc12. The van der Waals surface area contributed by atoms with E-state index in [9.17, 15) is 19.5 Å². The number of carbonyl (C=O) groups is 2. The largest absolute Gasteiger partial charge is 0.496 e. The molecule has 1 aliphatic heterocycles. The van der Waals surface area contributed by atoms with E-state index in [2.05, 4.69) is 4.99 Å². The molecule has 0 aliphatic carbocycles. The van der Waals surface area contributed by atoms with Crippen LogP contribution >= 0.6 is 11.3 Å². The third kappa shape index (κ3) is 4.95. The van der Waals surface area contributed by atoms with E-state index in [4.69, 9.17) is 13.9 Å². The van der Waals surface area contributed by atoms with Crippen LogP contribution in [-0.2, 0) is 9.53 Å². The minimum atomic E-state index is -1.01. The lowest BCUT2D eigenvalue weighted by molar-refractivity contribution is -0.139. The van der Waals surface area contributed by atoms with Gasteiger partial charge in [-0.2, -0.15) is 0 Å². The molecule has 3 heterocycles. The highest BCUT2D eigenvalue weighted by atomic mass is 32.1. The fraction of sp³-hybridized carbons (Fsp3) is 0.152. The Morgan fingerprint density at radius 1 is 1.07 bits per heavy atom. The predicted octanol–water partition coefficient (Wildman–Crippen LogP) is 4.92. The molecule has 1 aliphatic rings. The number of benzene rings is 3. The summed E-state index contributed by atoms with van der Waals surface area (Å²) in [6.45, 7) is 3.64. The van der Waals surface area contributed by atoms with Crippen LogP contribution in [0.5, 0.6) is 5.75 Å². The van der Waals surface area contributed by atoms with Crippen LogP contribution in [0.25, 0.3) is 28.2 Å². The highest BCUT2D eigenvalue weighted by Crippen LogP contribution is 2.40. The van der Waals surface area contributed by atoms with Crippen LogP contribution in [0.1, 0.15) is 41.6 Å². The number of carboxylic acids is 1. The highest BCUT2D eigenvalue weighted by Gasteiger charge is 2.36. The summed E-state index contributed by atoms with van der Waals surface area (Å²) in [5.41, 5.74) is 1.91. The number of nitrogens with zero attached hydrogens (tertiary/aromatic N) is 2. The minimum absolute atomic E-state index is 0.166. The van der Waals surface area contributed by atoms with E-state index >= 15 is 0 Å². The van der Waals surface area contributed by atoms with Gasteiger partial charge in [0.05, 0.1) is 35.1 Å². The zero-order valence-electron chi connectivity index (χ0n) is 23.5. The van der Waals surface area contributed by atoms with Gasteiger partial charge >= 0.3 is 11.9 Å². The van der Waals surface area contributed by atoms with Crippen molar-refractivity contribution in [3.63, 3.8) is 0 Å². The summed E-state index contributed by atoms with van der Waals surface area (Å²) in [5.74, 6) is -0.0808. The zero-order chi connectivity index (χ0) is 30.2. The average Bonchev–Trinajstić information content (AvgIpc) is 3.60. The molecule has 10 heteroatoms. The monoisotopic (exact) mass is 594 g/mol. The molecule has 2 aromatic heterocycles. The third-order valence-electron chi connectivity index (χ3n) is 7.26. The second-order valence-electron chi connectivity index (χ2n) is 9.79. The second kappa shape index (κ2) is 11.2. The molecule has 0 spiro atoms. The van der Waals surface area contributed by atoms with Crippen molar-refractivity contribution in [3.8, 4) is 17.1 Å². The summed E-state index contributed by atoms with van der Waals surface area (Å²) < 4.78 is 19.1. The first-order valence-corrected chi connectivity index (χ1v) is 14.3. The van der Waals surface area contributed by atoms with Crippen molar-refractivity contribution in [2.75, 3.05) is 13.7 Å². The molecule has 0 unspecified atom stereocenters. The van der Waals surface area contributed by atoms with Crippen LogP contribution < -0.4 is 19.6 Å². The van der Waals surface area contributed by atoms with Crippen molar-refractivity contribution in [3.05, 3.63) is 121 Å². The summed E-state index contributed by atoms with van der Waals surface area (Å²) in [7, 11) is 1.56. The van der Waals surface area contributed by atoms with Crippen LogP contribution in [0.3, 0.4) is 0 Å². The molecule has 43 heavy (non-hydrogen) atoms. The predicted molar refractivity (Wildman–Crippen MR) is 162 cm³/mol. The van der Waals surface area contributed by atoms with Gasteiger partial charge in [0.1, 0.15) is 23.3 Å². The molecule has 0 fully saturated rings. The first-order valence-electron chi connectivity index (χ1n) is 13.5. The van der Waals surface area contributed by atoms with Gasteiger partial charge in [0.25, 0.3) is 5.56 Å². The van der Waals surface area contributed by atoms with Crippen molar-refractivity contribution in [1.29, 1.82) is 0 Å². The quantitative estimate of drug-likeness (QED) is 0.266. The Labute approximate surface area is 249 Å². The van der Waals surface area contributed by atoms with E-state index < -0.39 is 18.0 Å². The summed E-state index contributed by atoms with van der Waals surface area (Å²) in [4.78, 5) is 43.8. The summed E-state index contributed by atoms with van der Waals surface area (Å²) >= 11 is 1.19. The van der Waals surface area contributed by atoms with E-state index in [0.29, 0.717) is 43.4 Å². The Kier molecular flexibility index (Phi) is 7.29. The van der Waals surface area contributed by atoms with E-state index in [-0.39, 0.29) is 23.3 Å². The Morgan fingerprint density at radius 3 is 2.56 bits per heavy atom. The highest BCUT2D eigenvalue weighted by molar-refractivity contribution is 7.07. The smallest absolute Gasteiger partial charge is 0.338 e. The molecule has 9 nitrogen and oxygen atoms in total. The van der Waals surface area contributed by atoms with Gasteiger partial charge in [0, 0.05) is 17.2 Å². The number of aromatic carboxylic acids is 1. The summed E-state index contributed by atoms with van der Waals surface area (Å²) in [6, 6.07) is 20.5. The van der Waals surface area contributed by atoms with Crippen LogP contribution in [0.15, 0.2) is 98.3 Å². The number of carboxylic acid groups (broad SMARTS) is 1. The number of esters is 1. The van der Waals surface area contributed by atoms with E-state index in [1.54, 1.807) is 51.3 Å². The van der Waals surface area contributed by atoms with Crippen molar-refractivity contribution in [1.82, 2.24) is 4.57 Å². The minimum Gasteiger partial charge on any atom is -0.496 e. The number of ether oxygens (including phenoxy) is 2. The standard InChI is InChI=1S/C33H26N2O7S/c1-4-41-32(39)27-18(2)34-33-35(29(27)28-23-8-6-5-7-19(23)13-15-25(28)40-3)30(36)26(43-33)17-22-14-16-24(42-22)20-9-11-21(12-10-20)31(37)38/h5-17,29H,4H2,1-3H3,(H,37,38)/b26-17+/t29-/m1/s1. The maximum Gasteiger partial charge on any atom is 0.338 e. The average molecular weight is 595 g/mol. The lowest BCUT2D eigenvalue weighted by Gasteiger charge is -2.27. The third-order valence-corrected chi connectivity index (χ3v) is 8.24. The van der Waals surface area contributed by atoms with Gasteiger partial charge in [-0.15, -0.1) is 0 Å². The number of thiazole rings is 1. The zero-order valence-corrected chi connectivity index (χ0v) is 24.3. The second-order valence-corrected chi connectivity index (χ2v) is 10.8. The number of carbonyl (C=O) groups excluding carboxylic acids is 1. The Hall–Kier alpha value is -5.22. The normalized spacial score (nSPS) is 14.9. The maximum atomic E-state index is 14.1. The van der Waals surface area contributed by atoms with Gasteiger partial charge < -0.3 is 19.0 Å². The van der Waals surface area contributed by atoms with Crippen molar-refractivity contribution in [2.45, 2.75) is 19.9 Å². The van der Waals surface area contributed by atoms with Crippen LogP contribution in [0.2, 0.25) is 0 Å². The van der Waals surface area contributed by atoms with Gasteiger partial charge in [0.2, 0.25) is 0 Å². The van der Waals surface area contributed by atoms with Crippen molar-refractivity contribution < 1.29 is 28.6 Å². The lowest BCUT2D eigenvalue weighted by atomic mass is 9.90. The molecule has 0 amide bonds. The molecule has 1 atom stereocenters. The Bertz CT molecular complexity index is 2120. The molecule has 3 aromatic carbocycles. The van der Waals surface area contributed by atoms with Gasteiger partial charge in [-0.05, 0) is 55.0 Å². The van der Waals surface area contributed by atoms with E-state index in [0.717, 1.165) is 10.8 Å². The van der Waals surface area contributed by atoms with Gasteiger partial charge in [-0.3, -0.25) is 9.36 Å². The van der Waals surface area contributed by atoms with E-state index in [1.807, 2.05) is 36.4 Å². The molecule has 0 saturated heterocycles. The van der Waals surface area contributed by atoms with Crippen molar-refractivity contribution in [2.24, 2.45) is 4.99 Å². The van der Waals surface area contributed by atoms with Gasteiger partial charge in [-0.1, -0.05) is 53.8 Å². The molecule has 0 radical (unpaired) electrons. The number of hydrogen-bond acceptors (Lipinski definition) is 8. The molecule has 5 aromatic rings. The number of fused-ring (bicyclic) bond motifs is 2.